The highest BCUT2D eigenvalue weighted by Gasteiger charge is 2.20. The number of aryl methyl sites for hydroxylation is 1. The first-order valence-electron chi connectivity index (χ1n) is 7.69. The third-order valence-corrected chi connectivity index (χ3v) is 4.06. The number of ether oxygens (including phenoxy) is 1. The van der Waals surface area contributed by atoms with Crippen LogP contribution < -0.4 is 15.7 Å². The van der Waals surface area contributed by atoms with E-state index in [1.807, 2.05) is 6.07 Å². The van der Waals surface area contributed by atoms with E-state index in [1.165, 1.54) is 6.92 Å². The number of carboxylic acid groups (broad SMARTS) is 1. The van der Waals surface area contributed by atoms with Gasteiger partial charge in [-0.1, -0.05) is 0 Å². The molecule has 2 aromatic rings. The maximum Gasteiger partial charge on any atom is 0.339 e. The fraction of sp³-hybridized carbons (Fsp3) is 0.353. The van der Waals surface area contributed by atoms with Gasteiger partial charge in [0.25, 0.3) is 5.91 Å². The van der Waals surface area contributed by atoms with Crippen LogP contribution in [0.5, 0.6) is 5.75 Å². The Morgan fingerprint density at radius 3 is 2.83 bits per heavy atom. The molecule has 1 atom stereocenters. The fourth-order valence-electron chi connectivity index (χ4n) is 2.85. The van der Waals surface area contributed by atoms with Crippen molar-refractivity contribution in [2.45, 2.75) is 32.2 Å². The second-order valence-corrected chi connectivity index (χ2v) is 5.77. The van der Waals surface area contributed by atoms with Crippen LogP contribution in [0.15, 0.2) is 27.4 Å². The van der Waals surface area contributed by atoms with Gasteiger partial charge in [0.15, 0.2) is 6.61 Å². The van der Waals surface area contributed by atoms with Gasteiger partial charge in [0, 0.05) is 17.0 Å². The number of hydrogen-bond acceptors (Lipinski definition) is 5. The summed E-state index contributed by atoms with van der Waals surface area (Å²) in [7, 11) is 0. The molecule has 2 N–H and O–H groups in total. The molecule has 0 bridgehead atoms. The van der Waals surface area contributed by atoms with Gasteiger partial charge in [-0.25, -0.2) is 4.79 Å². The van der Waals surface area contributed by atoms with Gasteiger partial charge in [0.1, 0.15) is 17.4 Å². The normalized spacial score (nSPS) is 14.2. The summed E-state index contributed by atoms with van der Waals surface area (Å²) in [6.45, 7) is 1.05. The number of aliphatic carboxylic acids is 1. The molecular formula is C17H17NO6. The summed E-state index contributed by atoms with van der Waals surface area (Å²) in [6, 6.07) is 4.10. The maximum atomic E-state index is 12.0. The van der Waals surface area contributed by atoms with Crippen molar-refractivity contribution in [3.63, 3.8) is 0 Å². The van der Waals surface area contributed by atoms with Crippen LogP contribution in [-0.2, 0) is 22.4 Å². The largest absolute Gasteiger partial charge is 0.484 e. The minimum atomic E-state index is -1.12. The van der Waals surface area contributed by atoms with Gasteiger partial charge in [0.2, 0.25) is 0 Å². The van der Waals surface area contributed by atoms with Crippen LogP contribution in [-0.4, -0.2) is 29.6 Å². The van der Waals surface area contributed by atoms with Crippen LogP contribution in [0, 0.1) is 0 Å². The van der Waals surface area contributed by atoms with Crippen LogP contribution in [0.1, 0.15) is 24.5 Å². The van der Waals surface area contributed by atoms with Gasteiger partial charge in [-0.15, -0.1) is 0 Å². The molecule has 1 heterocycles. The number of amides is 1. The summed E-state index contributed by atoms with van der Waals surface area (Å²) in [4.78, 5) is 34.3. The highest BCUT2D eigenvalue weighted by molar-refractivity contribution is 5.85. The summed E-state index contributed by atoms with van der Waals surface area (Å²) in [5.41, 5.74) is 1.89. The van der Waals surface area contributed by atoms with E-state index >= 15 is 0 Å². The molecule has 0 saturated carbocycles. The Kier molecular flexibility index (Phi) is 4.24. The van der Waals surface area contributed by atoms with Gasteiger partial charge >= 0.3 is 11.6 Å². The molecule has 1 aliphatic rings. The summed E-state index contributed by atoms with van der Waals surface area (Å²) in [5.74, 6) is -1.29. The smallest absolute Gasteiger partial charge is 0.339 e. The van der Waals surface area contributed by atoms with Gasteiger partial charge in [-0.05, 0) is 43.9 Å². The maximum absolute atomic E-state index is 12.0. The Balaban J connectivity index is 1.75. The van der Waals surface area contributed by atoms with Crippen molar-refractivity contribution in [3.8, 4) is 5.75 Å². The van der Waals surface area contributed by atoms with Crippen LogP contribution in [0.2, 0.25) is 0 Å². The van der Waals surface area contributed by atoms with Crippen molar-refractivity contribution in [2.24, 2.45) is 0 Å². The van der Waals surface area contributed by atoms with Crippen LogP contribution in [0.25, 0.3) is 11.0 Å². The Labute approximate surface area is 137 Å². The summed E-state index contributed by atoms with van der Waals surface area (Å²) >= 11 is 0. The quantitative estimate of drug-likeness (QED) is 0.799. The first kappa shape index (κ1) is 16.0. The average molecular weight is 331 g/mol. The molecule has 0 aliphatic heterocycles. The molecule has 1 aliphatic carbocycles. The van der Waals surface area contributed by atoms with Gasteiger partial charge in [-0.2, -0.15) is 0 Å². The summed E-state index contributed by atoms with van der Waals surface area (Å²) in [5, 5.41) is 11.9. The number of fused-ring (bicyclic) bond motifs is 3. The molecule has 126 valence electrons. The third-order valence-electron chi connectivity index (χ3n) is 4.06. The van der Waals surface area contributed by atoms with Crippen LogP contribution >= 0.6 is 0 Å². The Hall–Kier alpha value is -2.83. The molecule has 7 nitrogen and oxygen atoms in total. The second kappa shape index (κ2) is 6.35. The van der Waals surface area contributed by atoms with E-state index in [2.05, 4.69) is 5.32 Å². The van der Waals surface area contributed by atoms with E-state index in [0.29, 0.717) is 11.3 Å². The highest BCUT2D eigenvalue weighted by Crippen LogP contribution is 2.29. The Morgan fingerprint density at radius 1 is 1.33 bits per heavy atom. The van der Waals surface area contributed by atoms with Crippen molar-refractivity contribution >= 4 is 22.8 Å². The highest BCUT2D eigenvalue weighted by atomic mass is 16.5. The van der Waals surface area contributed by atoms with Crippen molar-refractivity contribution in [2.75, 3.05) is 6.61 Å². The van der Waals surface area contributed by atoms with E-state index in [1.54, 1.807) is 12.1 Å². The lowest BCUT2D eigenvalue weighted by Crippen LogP contribution is -2.40. The lowest BCUT2D eigenvalue weighted by Gasteiger charge is -2.11. The van der Waals surface area contributed by atoms with E-state index < -0.39 is 17.9 Å². The zero-order valence-electron chi connectivity index (χ0n) is 13.1. The Bertz CT molecular complexity index is 869. The van der Waals surface area contributed by atoms with E-state index in [4.69, 9.17) is 14.3 Å². The first-order chi connectivity index (χ1) is 11.5. The molecule has 0 radical (unpaired) electrons. The zero-order valence-corrected chi connectivity index (χ0v) is 13.1. The van der Waals surface area contributed by atoms with Gasteiger partial charge in [-0.3, -0.25) is 9.59 Å². The number of carbonyl (C=O) groups excluding carboxylic acids is 1. The number of carboxylic acids is 1. The lowest BCUT2D eigenvalue weighted by atomic mass is 10.1. The number of carbonyl (C=O) groups is 2. The minimum Gasteiger partial charge on any atom is -0.484 e. The van der Waals surface area contributed by atoms with E-state index in [9.17, 15) is 14.4 Å². The number of benzene rings is 1. The predicted molar refractivity (Wildman–Crippen MR) is 85.2 cm³/mol. The standard InChI is InChI=1S/C17H17NO6/c1-9(16(20)21)18-15(19)8-23-10-5-6-12-11-3-2-4-13(11)17(22)24-14(12)7-10/h5-7,9H,2-4,8H2,1H3,(H,18,19)(H,20,21)/t9-/m0/s1. The van der Waals surface area contributed by atoms with Crippen molar-refractivity contribution in [3.05, 3.63) is 39.7 Å². The molecule has 1 aromatic heterocycles. The van der Waals surface area contributed by atoms with E-state index in [0.717, 1.165) is 35.8 Å². The number of nitrogens with one attached hydrogen (secondary N) is 1. The zero-order chi connectivity index (χ0) is 17.3. The monoisotopic (exact) mass is 331 g/mol. The topological polar surface area (TPSA) is 106 Å². The molecule has 0 saturated heterocycles. The lowest BCUT2D eigenvalue weighted by molar-refractivity contribution is -0.141. The Morgan fingerprint density at radius 2 is 2.08 bits per heavy atom. The van der Waals surface area contributed by atoms with E-state index in [-0.39, 0.29) is 12.2 Å². The molecule has 0 fully saturated rings. The molecule has 0 spiro atoms. The SMILES string of the molecule is C[C@H](NC(=O)COc1ccc2c3c(c(=O)oc2c1)CCC3)C(=O)O. The van der Waals surface area contributed by atoms with Crippen molar-refractivity contribution in [1.82, 2.24) is 5.32 Å². The van der Waals surface area contributed by atoms with Crippen molar-refractivity contribution < 1.29 is 23.8 Å². The summed E-state index contributed by atoms with van der Waals surface area (Å²) in [6.07, 6.45) is 2.54. The summed E-state index contributed by atoms with van der Waals surface area (Å²) < 4.78 is 10.7. The number of rotatable bonds is 5. The van der Waals surface area contributed by atoms with Gasteiger partial charge < -0.3 is 19.6 Å². The second-order valence-electron chi connectivity index (χ2n) is 5.77. The van der Waals surface area contributed by atoms with Gasteiger partial charge in [0.05, 0.1) is 0 Å². The number of hydrogen-bond donors (Lipinski definition) is 2. The molecule has 24 heavy (non-hydrogen) atoms. The fourth-order valence-corrected chi connectivity index (χ4v) is 2.85. The molecule has 1 aromatic carbocycles. The molecule has 3 rings (SSSR count). The molecule has 7 heteroatoms. The first-order valence-corrected chi connectivity index (χ1v) is 7.69. The van der Waals surface area contributed by atoms with Crippen LogP contribution in [0.3, 0.4) is 0 Å². The predicted octanol–water partition coefficient (Wildman–Crippen LogP) is 1.25. The van der Waals surface area contributed by atoms with Crippen LogP contribution in [0.4, 0.5) is 0 Å². The molecular weight excluding hydrogens is 314 g/mol. The average Bonchev–Trinajstić information content (AvgIpc) is 3.03. The molecule has 0 unspecified atom stereocenters. The molecule has 1 amide bonds. The minimum absolute atomic E-state index is 0.319. The third kappa shape index (κ3) is 3.10. The van der Waals surface area contributed by atoms with Crippen molar-refractivity contribution in [1.29, 1.82) is 0 Å².